The number of carbonyl (C=O) groups excluding carboxylic acids is 5. The van der Waals surface area contributed by atoms with Gasteiger partial charge in [0.25, 0.3) is 5.91 Å². The van der Waals surface area contributed by atoms with E-state index in [1.54, 1.807) is 37.1 Å². The number of amides is 3. The molecule has 5 atom stereocenters. The number of nitrogens with one attached hydrogen (secondary N) is 2. The van der Waals surface area contributed by atoms with Crippen LogP contribution in [-0.4, -0.2) is 78.6 Å². The number of esters is 2. The fourth-order valence-electron chi connectivity index (χ4n) is 8.02. The maximum Gasteiger partial charge on any atom is 0.407 e. The maximum absolute atomic E-state index is 14.3. The van der Waals surface area contributed by atoms with Crippen LogP contribution in [0.4, 0.5) is 4.79 Å². The van der Waals surface area contributed by atoms with E-state index >= 15 is 0 Å². The van der Waals surface area contributed by atoms with Crippen molar-refractivity contribution in [1.82, 2.24) is 20.5 Å². The summed E-state index contributed by atoms with van der Waals surface area (Å²) in [5, 5.41) is 5.88. The van der Waals surface area contributed by atoms with Gasteiger partial charge < -0.3 is 29.7 Å². The fourth-order valence-corrected chi connectivity index (χ4v) is 8.02. The monoisotopic (exact) mass is 818 g/mol. The molecule has 0 saturated heterocycles. The highest BCUT2D eigenvalue weighted by molar-refractivity contribution is 5.92. The quantitative estimate of drug-likeness (QED) is 0.0761. The number of ether oxygens (including phenoxy) is 3. The highest BCUT2D eigenvalue weighted by Gasteiger charge is 2.36. The van der Waals surface area contributed by atoms with E-state index < -0.39 is 48.1 Å². The molecule has 4 aromatic rings. The molecule has 318 valence electrons. The van der Waals surface area contributed by atoms with Gasteiger partial charge in [-0.1, -0.05) is 120 Å². The Kier molecular flexibility index (Phi) is 15.6. The van der Waals surface area contributed by atoms with E-state index in [0.29, 0.717) is 18.5 Å². The van der Waals surface area contributed by atoms with Gasteiger partial charge in [-0.2, -0.15) is 0 Å². The summed E-state index contributed by atoms with van der Waals surface area (Å²) in [6.07, 6.45) is -0.618. The number of methoxy groups -OCH3 is 1. The molecule has 0 aliphatic heterocycles. The number of rotatable bonds is 18. The Labute approximate surface area is 353 Å². The first-order chi connectivity index (χ1) is 28.7. The molecule has 3 aromatic carbocycles. The topological polar surface area (TPSA) is 153 Å². The number of aromatic nitrogens is 1. The van der Waals surface area contributed by atoms with E-state index in [9.17, 15) is 24.0 Å². The molecule has 0 saturated carbocycles. The second kappa shape index (κ2) is 20.8. The summed E-state index contributed by atoms with van der Waals surface area (Å²) < 4.78 is 16.6. The molecule has 0 fully saturated rings. The summed E-state index contributed by atoms with van der Waals surface area (Å²) in [4.78, 5) is 72.4. The standard InChI is InChI=1S/C48H58N4O8/c1-29(2)42(52(7)46(55)44(30(3)4)51-48(57)59-28-39-37-21-14-12-19-35(37)36-20-13-15-22-38(36)39)27-43(60-32(6)53)40-23-16-24-41(50-40)45(54)49-34(25-31(5)47(56)58-8)26-33-17-10-9-11-18-33/h9-24,29-31,34,39,42-44H,25-28H2,1-8H3,(H,49,54)(H,51,57). The van der Waals surface area contributed by atoms with Crippen molar-refractivity contribution in [3.05, 3.63) is 125 Å². The number of hydrogen-bond acceptors (Lipinski definition) is 9. The van der Waals surface area contributed by atoms with E-state index in [4.69, 9.17) is 14.2 Å². The number of alkyl carbamates (subject to hydrolysis) is 1. The molecule has 12 heteroatoms. The lowest BCUT2D eigenvalue weighted by Crippen LogP contribution is -2.54. The molecule has 1 aromatic heterocycles. The van der Waals surface area contributed by atoms with Crippen LogP contribution in [0.15, 0.2) is 97.1 Å². The second-order valence-corrected chi connectivity index (χ2v) is 16.3. The first kappa shape index (κ1) is 45.1. The second-order valence-electron chi connectivity index (χ2n) is 16.3. The lowest BCUT2D eigenvalue weighted by atomic mass is 9.93. The minimum absolute atomic E-state index is 0.103. The number of carbonyl (C=O) groups is 5. The zero-order valence-electron chi connectivity index (χ0n) is 35.8. The summed E-state index contributed by atoms with van der Waals surface area (Å²) in [6, 6.07) is 29.0. The van der Waals surface area contributed by atoms with Gasteiger partial charge in [-0.05, 0) is 64.6 Å². The van der Waals surface area contributed by atoms with E-state index in [1.165, 1.54) is 14.0 Å². The smallest absolute Gasteiger partial charge is 0.407 e. The SMILES string of the molecule is COC(=O)C(C)CC(Cc1ccccc1)NC(=O)c1cccc(C(CC(C(C)C)N(C)C(=O)C(NC(=O)OCC2c3ccccc3-c3ccccc32)C(C)C)OC(C)=O)n1. The number of pyridine rings is 1. The van der Waals surface area contributed by atoms with Crippen LogP contribution < -0.4 is 10.6 Å². The van der Waals surface area contributed by atoms with Gasteiger partial charge in [0.15, 0.2) is 0 Å². The van der Waals surface area contributed by atoms with Crippen molar-refractivity contribution in [1.29, 1.82) is 0 Å². The summed E-state index contributed by atoms with van der Waals surface area (Å²) >= 11 is 0. The number of benzene rings is 3. The van der Waals surface area contributed by atoms with Gasteiger partial charge in [0.1, 0.15) is 24.4 Å². The Morgan fingerprint density at radius 2 is 1.37 bits per heavy atom. The molecule has 5 unspecified atom stereocenters. The molecule has 3 amide bonds. The van der Waals surface area contributed by atoms with Crippen molar-refractivity contribution in [3.8, 4) is 11.1 Å². The van der Waals surface area contributed by atoms with Crippen molar-refractivity contribution < 1.29 is 38.2 Å². The Morgan fingerprint density at radius 1 is 0.750 bits per heavy atom. The maximum atomic E-state index is 14.3. The van der Waals surface area contributed by atoms with Crippen LogP contribution in [0.5, 0.6) is 0 Å². The predicted octanol–water partition coefficient (Wildman–Crippen LogP) is 7.66. The number of nitrogens with zero attached hydrogens (tertiary/aromatic N) is 2. The van der Waals surface area contributed by atoms with Crippen molar-refractivity contribution in [2.75, 3.05) is 20.8 Å². The van der Waals surface area contributed by atoms with Crippen LogP contribution >= 0.6 is 0 Å². The van der Waals surface area contributed by atoms with Crippen molar-refractivity contribution in [2.45, 2.75) is 91.0 Å². The highest BCUT2D eigenvalue weighted by atomic mass is 16.6. The van der Waals surface area contributed by atoms with Crippen LogP contribution in [0.2, 0.25) is 0 Å². The Bertz CT molecular complexity index is 2080. The predicted molar refractivity (Wildman–Crippen MR) is 229 cm³/mol. The van der Waals surface area contributed by atoms with Gasteiger partial charge >= 0.3 is 18.0 Å². The lowest BCUT2D eigenvalue weighted by molar-refractivity contribution is -0.149. The molecule has 12 nitrogen and oxygen atoms in total. The zero-order valence-corrected chi connectivity index (χ0v) is 35.8. The first-order valence-electron chi connectivity index (χ1n) is 20.6. The van der Waals surface area contributed by atoms with E-state index in [2.05, 4.69) is 27.8 Å². The minimum atomic E-state index is -0.912. The van der Waals surface area contributed by atoms with E-state index in [0.717, 1.165) is 27.8 Å². The van der Waals surface area contributed by atoms with Crippen LogP contribution in [0.3, 0.4) is 0 Å². The van der Waals surface area contributed by atoms with Gasteiger partial charge in [-0.25, -0.2) is 9.78 Å². The van der Waals surface area contributed by atoms with Crippen LogP contribution in [-0.2, 0) is 35.0 Å². The minimum Gasteiger partial charge on any atom is -0.469 e. The Balaban J connectivity index is 1.29. The van der Waals surface area contributed by atoms with Gasteiger partial charge in [0, 0.05) is 38.4 Å². The van der Waals surface area contributed by atoms with Crippen molar-refractivity contribution in [2.24, 2.45) is 17.8 Å². The first-order valence-corrected chi connectivity index (χ1v) is 20.6. The van der Waals surface area contributed by atoms with Crippen LogP contribution in [0, 0.1) is 17.8 Å². The molecular weight excluding hydrogens is 761 g/mol. The van der Waals surface area contributed by atoms with Crippen LogP contribution in [0.1, 0.15) is 99.3 Å². The molecule has 1 aliphatic carbocycles. The number of fused-ring (bicyclic) bond motifs is 3. The summed E-state index contributed by atoms with van der Waals surface area (Å²) in [5.41, 5.74) is 5.83. The van der Waals surface area contributed by atoms with Gasteiger partial charge in [0.2, 0.25) is 5.91 Å². The average molecular weight is 819 g/mol. The third-order valence-corrected chi connectivity index (χ3v) is 11.2. The normalized spacial score (nSPS) is 14.5. The molecule has 1 aliphatic rings. The largest absolute Gasteiger partial charge is 0.469 e. The average Bonchev–Trinajstić information content (AvgIpc) is 3.55. The molecule has 1 heterocycles. The molecule has 5 rings (SSSR count). The lowest BCUT2D eigenvalue weighted by Gasteiger charge is -2.36. The van der Waals surface area contributed by atoms with E-state index in [1.807, 2.05) is 94.4 Å². The molecule has 0 radical (unpaired) electrons. The highest BCUT2D eigenvalue weighted by Crippen LogP contribution is 2.44. The molecule has 60 heavy (non-hydrogen) atoms. The van der Waals surface area contributed by atoms with Crippen molar-refractivity contribution >= 4 is 29.8 Å². The molecule has 2 N–H and O–H groups in total. The van der Waals surface area contributed by atoms with Crippen molar-refractivity contribution in [3.63, 3.8) is 0 Å². The zero-order chi connectivity index (χ0) is 43.5. The third kappa shape index (κ3) is 11.4. The molecule has 0 bridgehead atoms. The number of likely N-dealkylation sites (N-methyl/N-ethyl adjacent to an activating group) is 1. The van der Waals surface area contributed by atoms with E-state index in [-0.39, 0.29) is 48.4 Å². The number of hydrogen-bond donors (Lipinski definition) is 2. The third-order valence-electron chi connectivity index (χ3n) is 11.2. The van der Waals surface area contributed by atoms with Gasteiger partial charge in [-0.3, -0.25) is 19.2 Å². The van der Waals surface area contributed by atoms with Gasteiger partial charge in [-0.15, -0.1) is 0 Å². The van der Waals surface area contributed by atoms with Crippen LogP contribution in [0.25, 0.3) is 11.1 Å². The summed E-state index contributed by atoms with van der Waals surface area (Å²) in [6.45, 7) is 10.8. The molecular formula is C48H58N4O8. The molecule has 0 spiro atoms. The summed E-state index contributed by atoms with van der Waals surface area (Å²) in [5.74, 6) is -2.70. The summed E-state index contributed by atoms with van der Waals surface area (Å²) in [7, 11) is 3.01. The Morgan fingerprint density at radius 3 is 1.95 bits per heavy atom. The Hall–Kier alpha value is -6.04. The fraction of sp³-hybridized carbons (Fsp3) is 0.417. The van der Waals surface area contributed by atoms with Gasteiger partial charge in [0.05, 0.1) is 18.7 Å².